The maximum Gasteiger partial charge on any atom is 0.494 e. The van der Waals surface area contributed by atoms with E-state index >= 15 is 0 Å². The van der Waals surface area contributed by atoms with Gasteiger partial charge in [0.2, 0.25) is 0 Å². The first kappa shape index (κ1) is 22.8. The summed E-state index contributed by atoms with van der Waals surface area (Å²) in [5.41, 5.74) is 2.29. The fourth-order valence-corrected chi connectivity index (χ4v) is 3.00. The number of nitrogens with one attached hydrogen (secondary N) is 1. The summed E-state index contributed by atoms with van der Waals surface area (Å²) in [5.74, 6) is -0.400. The molecule has 0 saturated carbocycles. The molecule has 0 unspecified atom stereocenters. The van der Waals surface area contributed by atoms with Crippen molar-refractivity contribution in [1.82, 2.24) is 5.32 Å². The van der Waals surface area contributed by atoms with Crippen molar-refractivity contribution in [3.05, 3.63) is 65.2 Å². The van der Waals surface area contributed by atoms with Crippen molar-refractivity contribution in [2.24, 2.45) is 0 Å². The highest BCUT2D eigenvalue weighted by Gasteiger charge is 2.51. The molecule has 7 nitrogen and oxygen atoms in total. The van der Waals surface area contributed by atoms with Gasteiger partial charge in [-0.3, -0.25) is 0 Å². The predicted octanol–water partition coefficient (Wildman–Crippen LogP) is 3.20. The molecule has 0 aromatic heterocycles. The minimum Gasteiger partial charge on any atom is -0.465 e. The maximum absolute atomic E-state index is 12.0. The molecule has 164 valence electrons. The summed E-state index contributed by atoms with van der Waals surface area (Å²) in [5, 5.41) is 2.69. The van der Waals surface area contributed by atoms with Gasteiger partial charge >= 0.3 is 19.2 Å². The smallest absolute Gasteiger partial charge is 0.465 e. The zero-order chi connectivity index (χ0) is 22.6. The number of ether oxygens (including phenoxy) is 2. The number of esters is 1. The highest BCUT2D eigenvalue weighted by atomic mass is 16.7. The zero-order valence-corrected chi connectivity index (χ0v) is 18.6. The molecule has 0 radical (unpaired) electrons. The van der Waals surface area contributed by atoms with Crippen LogP contribution in [-0.2, 0) is 31.9 Å². The van der Waals surface area contributed by atoms with Gasteiger partial charge in [-0.05, 0) is 56.4 Å². The summed E-state index contributed by atoms with van der Waals surface area (Å²) >= 11 is 0. The summed E-state index contributed by atoms with van der Waals surface area (Å²) in [6, 6.07) is 14.4. The normalized spacial score (nSPS) is 16.6. The van der Waals surface area contributed by atoms with Crippen LogP contribution in [0.1, 0.15) is 49.2 Å². The van der Waals surface area contributed by atoms with Crippen molar-refractivity contribution in [3.63, 3.8) is 0 Å². The molecule has 0 aliphatic carbocycles. The second-order valence-electron chi connectivity index (χ2n) is 8.45. The Morgan fingerprint density at radius 3 is 2.00 bits per heavy atom. The van der Waals surface area contributed by atoms with Gasteiger partial charge in [0, 0.05) is 6.54 Å². The topological polar surface area (TPSA) is 83.1 Å². The molecule has 1 aliphatic rings. The fraction of sp³-hybridized carbons (Fsp3) is 0.391. The van der Waals surface area contributed by atoms with Gasteiger partial charge in [-0.1, -0.05) is 36.4 Å². The van der Waals surface area contributed by atoms with Crippen LogP contribution in [0.15, 0.2) is 48.5 Å². The van der Waals surface area contributed by atoms with Crippen LogP contribution >= 0.6 is 0 Å². The molecule has 1 heterocycles. The largest absolute Gasteiger partial charge is 0.494 e. The van der Waals surface area contributed by atoms with E-state index in [-0.39, 0.29) is 6.61 Å². The Kier molecular flexibility index (Phi) is 6.72. The molecule has 1 N–H and O–H groups in total. The number of alkyl carbamates (subject to hydrolysis) is 1. The molecule has 2 aromatic carbocycles. The van der Waals surface area contributed by atoms with E-state index in [1.807, 2.05) is 52.0 Å². The van der Waals surface area contributed by atoms with Crippen LogP contribution in [-0.4, -0.2) is 37.5 Å². The van der Waals surface area contributed by atoms with E-state index in [1.165, 1.54) is 7.11 Å². The van der Waals surface area contributed by atoms with Gasteiger partial charge in [0.25, 0.3) is 0 Å². The van der Waals surface area contributed by atoms with Crippen molar-refractivity contribution in [1.29, 1.82) is 0 Å². The molecule has 0 atom stereocenters. The highest BCUT2D eigenvalue weighted by molar-refractivity contribution is 6.62. The molecule has 2 aromatic rings. The van der Waals surface area contributed by atoms with Crippen LogP contribution in [0.5, 0.6) is 0 Å². The minimum absolute atomic E-state index is 0.150. The lowest BCUT2D eigenvalue weighted by molar-refractivity contribution is 0.00578. The van der Waals surface area contributed by atoms with Crippen molar-refractivity contribution in [3.8, 4) is 0 Å². The standard InChI is InChI=1S/C23H28BNO6/c1-22(2)23(3,4)31-24(30-22)19-12-8-17(9-13-19)15-29-21(27)25-14-16-6-10-18(11-7-16)20(26)28-5/h6-13H,14-15H2,1-5H3,(H,25,27). The van der Waals surface area contributed by atoms with E-state index in [1.54, 1.807) is 24.3 Å². The number of hydrogen-bond acceptors (Lipinski definition) is 6. The van der Waals surface area contributed by atoms with Gasteiger partial charge in [0.1, 0.15) is 6.61 Å². The van der Waals surface area contributed by atoms with Crippen LogP contribution in [0.4, 0.5) is 4.79 Å². The monoisotopic (exact) mass is 425 g/mol. The van der Waals surface area contributed by atoms with Crippen molar-refractivity contribution in [2.45, 2.75) is 52.0 Å². The lowest BCUT2D eigenvalue weighted by Gasteiger charge is -2.32. The van der Waals surface area contributed by atoms with Crippen molar-refractivity contribution < 1.29 is 28.4 Å². The van der Waals surface area contributed by atoms with Crippen LogP contribution in [0, 0.1) is 0 Å². The Morgan fingerprint density at radius 1 is 0.903 bits per heavy atom. The average Bonchev–Trinajstić information content (AvgIpc) is 2.97. The molecule has 3 rings (SSSR count). The SMILES string of the molecule is COC(=O)c1ccc(CNC(=O)OCc2ccc(B3OC(C)(C)C(C)(C)O3)cc2)cc1. The molecule has 1 saturated heterocycles. The Bertz CT molecular complexity index is 908. The third kappa shape index (κ3) is 5.45. The number of rotatable bonds is 6. The van der Waals surface area contributed by atoms with Gasteiger partial charge in [0.05, 0.1) is 23.9 Å². The lowest BCUT2D eigenvalue weighted by atomic mass is 9.79. The first-order valence-electron chi connectivity index (χ1n) is 10.1. The number of carbonyl (C=O) groups excluding carboxylic acids is 2. The van der Waals surface area contributed by atoms with E-state index < -0.39 is 30.4 Å². The minimum atomic E-state index is -0.521. The fourth-order valence-electron chi connectivity index (χ4n) is 3.00. The van der Waals surface area contributed by atoms with Gasteiger partial charge in [-0.2, -0.15) is 0 Å². The highest BCUT2D eigenvalue weighted by Crippen LogP contribution is 2.36. The third-order valence-corrected chi connectivity index (χ3v) is 5.69. The first-order valence-corrected chi connectivity index (χ1v) is 10.1. The second-order valence-corrected chi connectivity index (χ2v) is 8.45. The van der Waals surface area contributed by atoms with Crippen LogP contribution in [0.2, 0.25) is 0 Å². The number of carbonyl (C=O) groups is 2. The van der Waals surface area contributed by atoms with Gasteiger partial charge in [-0.25, -0.2) is 9.59 Å². The number of methoxy groups -OCH3 is 1. The molecule has 1 fully saturated rings. The maximum atomic E-state index is 12.0. The number of amides is 1. The van der Waals surface area contributed by atoms with Crippen molar-refractivity contribution in [2.75, 3.05) is 7.11 Å². The lowest BCUT2D eigenvalue weighted by Crippen LogP contribution is -2.41. The Labute approximate surface area is 183 Å². The van der Waals surface area contributed by atoms with Crippen LogP contribution in [0.25, 0.3) is 0 Å². The third-order valence-electron chi connectivity index (χ3n) is 5.69. The van der Waals surface area contributed by atoms with E-state index in [0.29, 0.717) is 12.1 Å². The summed E-state index contributed by atoms with van der Waals surface area (Å²) in [6.45, 7) is 8.50. The first-order chi connectivity index (χ1) is 14.6. The molecule has 1 aliphatic heterocycles. The van der Waals surface area contributed by atoms with Crippen LogP contribution in [0.3, 0.4) is 0 Å². The number of hydrogen-bond donors (Lipinski definition) is 1. The molecular formula is C23H28BNO6. The Morgan fingerprint density at radius 2 is 1.45 bits per heavy atom. The Balaban J connectivity index is 1.46. The summed E-state index contributed by atoms with van der Waals surface area (Å²) in [4.78, 5) is 23.4. The van der Waals surface area contributed by atoms with E-state index in [9.17, 15) is 9.59 Å². The van der Waals surface area contributed by atoms with Gasteiger partial charge in [-0.15, -0.1) is 0 Å². The zero-order valence-electron chi connectivity index (χ0n) is 18.6. The van der Waals surface area contributed by atoms with Gasteiger partial charge in [0.15, 0.2) is 0 Å². The van der Waals surface area contributed by atoms with Gasteiger partial charge < -0.3 is 24.1 Å². The molecule has 1 amide bonds. The number of benzene rings is 2. The predicted molar refractivity (Wildman–Crippen MR) is 117 cm³/mol. The quantitative estimate of drug-likeness (QED) is 0.566. The summed E-state index contributed by atoms with van der Waals surface area (Å²) in [6.07, 6.45) is -0.521. The summed E-state index contributed by atoms with van der Waals surface area (Å²) in [7, 11) is 0.910. The van der Waals surface area contributed by atoms with Crippen molar-refractivity contribution >= 4 is 24.6 Å². The average molecular weight is 425 g/mol. The van der Waals surface area contributed by atoms with E-state index in [4.69, 9.17) is 14.0 Å². The molecule has 0 bridgehead atoms. The van der Waals surface area contributed by atoms with E-state index in [2.05, 4.69) is 10.1 Å². The van der Waals surface area contributed by atoms with E-state index in [0.717, 1.165) is 16.6 Å². The molecule has 31 heavy (non-hydrogen) atoms. The Hall–Kier alpha value is -2.84. The van der Waals surface area contributed by atoms with Crippen LogP contribution < -0.4 is 10.8 Å². The second kappa shape index (κ2) is 9.12. The summed E-state index contributed by atoms with van der Waals surface area (Å²) < 4.78 is 22.0. The molecule has 0 spiro atoms. The molecule has 8 heteroatoms. The molecular weight excluding hydrogens is 397 g/mol.